The van der Waals surface area contributed by atoms with E-state index in [2.05, 4.69) is 0 Å². The zero-order valence-electron chi connectivity index (χ0n) is 9.64. The van der Waals surface area contributed by atoms with E-state index in [1.807, 2.05) is 0 Å². The van der Waals surface area contributed by atoms with Crippen LogP contribution in [0, 0.1) is 5.92 Å². The largest absolute Gasteiger partial charge is 0.338 e. The van der Waals surface area contributed by atoms with E-state index in [1.54, 1.807) is 4.90 Å². The Bertz CT molecular complexity index is 408. The van der Waals surface area contributed by atoms with Gasteiger partial charge >= 0.3 is 0 Å². The Labute approximate surface area is 95.9 Å². The van der Waals surface area contributed by atoms with Crippen molar-refractivity contribution in [2.24, 2.45) is 11.7 Å². The number of carbonyl (C=O) groups is 1. The van der Waals surface area contributed by atoms with Crippen molar-refractivity contribution in [3.63, 3.8) is 0 Å². The fraction of sp³-hybridized carbons (Fsp3) is 0.900. The van der Waals surface area contributed by atoms with Crippen LogP contribution in [-0.2, 0) is 14.6 Å². The first-order valence-corrected chi connectivity index (χ1v) is 7.46. The third-order valence-corrected chi connectivity index (χ3v) is 5.15. The number of hydrogen-bond acceptors (Lipinski definition) is 4. The molecule has 2 aliphatic rings. The molecule has 0 spiro atoms. The molecule has 6 heteroatoms. The predicted molar refractivity (Wildman–Crippen MR) is 60.5 cm³/mol. The fourth-order valence-corrected chi connectivity index (χ4v) is 2.69. The molecule has 1 aliphatic carbocycles. The van der Waals surface area contributed by atoms with E-state index >= 15 is 0 Å². The summed E-state index contributed by atoms with van der Waals surface area (Å²) in [4.78, 5) is 13.4. The van der Waals surface area contributed by atoms with Crippen LogP contribution in [0.1, 0.15) is 19.8 Å². The molecule has 16 heavy (non-hydrogen) atoms. The molecular formula is C10H18N2O3S. The summed E-state index contributed by atoms with van der Waals surface area (Å²) in [6.45, 7) is 2.46. The van der Waals surface area contributed by atoms with Gasteiger partial charge in [0.1, 0.15) is 5.25 Å². The van der Waals surface area contributed by atoms with Crippen molar-refractivity contribution in [2.75, 3.05) is 19.3 Å². The average Bonchev–Trinajstić information content (AvgIpc) is 2.92. The molecule has 1 heterocycles. The van der Waals surface area contributed by atoms with Crippen molar-refractivity contribution in [2.45, 2.75) is 30.6 Å². The van der Waals surface area contributed by atoms with E-state index in [-0.39, 0.29) is 11.4 Å². The average molecular weight is 246 g/mol. The van der Waals surface area contributed by atoms with Gasteiger partial charge in [0.2, 0.25) is 5.91 Å². The molecule has 1 saturated carbocycles. The maximum absolute atomic E-state index is 11.8. The van der Waals surface area contributed by atoms with Gasteiger partial charge in [-0.2, -0.15) is 0 Å². The first kappa shape index (κ1) is 11.9. The van der Waals surface area contributed by atoms with E-state index in [0.29, 0.717) is 19.0 Å². The van der Waals surface area contributed by atoms with Crippen LogP contribution in [0.5, 0.6) is 0 Å². The normalized spacial score (nSPS) is 26.1. The van der Waals surface area contributed by atoms with Gasteiger partial charge in [0.25, 0.3) is 0 Å². The second-order valence-electron chi connectivity index (χ2n) is 5.17. The van der Waals surface area contributed by atoms with Crippen molar-refractivity contribution < 1.29 is 13.2 Å². The van der Waals surface area contributed by atoms with Crippen molar-refractivity contribution in [1.82, 2.24) is 4.90 Å². The van der Waals surface area contributed by atoms with Crippen LogP contribution in [0.25, 0.3) is 0 Å². The third kappa shape index (κ3) is 1.96. The molecule has 1 unspecified atom stereocenters. The van der Waals surface area contributed by atoms with Gasteiger partial charge in [0.15, 0.2) is 9.84 Å². The quantitative estimate of drug-likeness (QED) is 0.719. The van der Waals surface area contributed by atoms with Crippen LogP contribution in [0.2, 0.25) is 0 Å². The Morgan fingerprint density at radius 2 is 1.94 bits per heavy atom. The molecule has 2 N–H and O–H groups in total. The Hall–Kier alpha value is -0.620. The summed E-state index contributed by atoms with van der Waals surface area (Å²) >= 11 is 0. The SMILES string of the molecule is CC(C(=O)N1CC(N)(C2CC2)C1)S(C)(=O)=O. The van der Waals surface area contributed by atoms with Gasteiger partial charge in [-0.15, -0.1) is 0 Å². The highest BCUT2D eigenvalue weighted by molar-refractivity contribution is 7.92. The number of nitrogens with two attached hydrogens (primary N) is 1. The number of sulfone groups is 1. The van der Waals surface area contributed by atoms with E-state index < -0.39 is 15.1 Å². The third-order valence-electron chi connectivity index (χ3n) is 3.66. The van der Waals surface area contributed by atoms with Gasteiger partial charge in [-0.1, -0.05) is 0 Å². The summed E-state index contributed by atoms with van der Waals surface area (Å²) < 4.78 is 22.5. The highest BCUT2D eigenvalue weighted by Gasteiger charge is 2.52. The standard InChI is InChI=1S/C10H18N2O3S/c1-7(16(2,14)15)9(13)12-5-10(11,6-12)8-3-4-8/h7-8H,3-6,11H2,1-2H3. The molecule has 1 saturated heterocycles. The molecule has 0 aromatic heterocycles. The zero-order valence-corrected chi connectivity index (χ0v) is 10.5. The van der Waals surface area contributed by atoms with E-state index in [1.165, 1.54) is 6.92 Å². The van der Waals surface area contributed by atoms with Gasteiger partial charge in [0, 0.05) is 19.3 Å². The summed E-state index contributed by atoms with van der Waals surface area (Å²) in [5.41, 5.74) is 5.86. The number of carbonyl (C=O) groups excluding carboxylic acids is 1. The predicted octanol–water partition coefficient (Wildman–Crippen LogP) is -0.631. The summed E-state index contributed by atoms with van der Waals surface area (Å²) in [5.74, 6) is 0.217. The maximum atomic E-state index is 11.8. The lowest BCUT2D eigenvalue weighted by atomic mass is 9.85. The highest BCUT2D eigenvalue weighted by atomic mass is 32.2. The molecule has 0 bridgehead atoms. The summed E-state index contributed by atoms with van der Waals surface area (Å²) in [5, 5.41) is -0.948. The molecule has 0 radical (unpaired) electrons. The molecule has 0 aromatic carbocycles. The smallest absolute Gasteiger partial charge is 0.240 e. The lowest BCUT2D eigenvalue weighted by Crippen LogP contribution is -2.71. The van der Waals surface area contributed by atoms with Crippen molar-refractivity contribution in [3.8, 4) is 0 Å². The van der Waals surface area contributed by atoms with Gasteiger partial charge in [-0.05, 0) is 25.7 Å². The molecular weight excluding hydrogens is 228 g/mol. The lowest BCUT2D eigenvalue weighted by molar-refractivity contribution is -0.138. The monoisotopic (exact) mass is 246 g/mol. The molecule has 92 valence electrons. The van der Waals surface area contributed by atoms with Gasteiger partial charge in [-0.3, -0.25) is 4.79 Å². The van der Waals surface area contributed by atoms with Gasteiger partial charge < -0.3 is 10.6 Å². The minimum atomic E-state index is -3.30. The van der Waals surface area contributed by atoms with Gasteiger partial charge in [-0.25, -0.2) is 8.42 Å². The van der Waals surface area contributed by atoms with Crippen molar-refractivity contribution in [1.29, 1.82) is 0 Å². The molecule has 2 fully saturated rings. The second kappa shape index (κ2) is 3.43. The lowest BCUT2D eigenvalue weighted by Gasteiger charge is -2.48. The molecule has 1 atom stereocenters. The number of rotatable bonds is 3. The van der Waals surface area contributed by atoms with E-state index in [4.69, 9.17) is 5.73 Å². The number of likely N-dealkylation sites (tertiary alicyclic amines) is 1. The van der Waals surface area contributed by atoms with Gasteiger partial charge in [0.05, 0.1) is 5.54 Å². The van der Waals surface area contributed by atoms with Crippen LogP contribution >= 0.6 is 0 Å². The molecule has 1 aliphatic heterocycles. The second-order valence-corrected chi connectivity index (χ2v) is 7.54. The number of hydrogen-bond donors (Lipinski definition) is 1. The van der Waals surface area contributed by atoms with Crippen LogP contribution < -0.4 is 5.73 Å². The minimum Gasteiger partial charge on any atom is -0.338 e. The minimum absolute atomic E-state index is 0.243. The number of amides is 1. The van der Waals surface area contributed by atoms with Crippen LogP contribution in [0.15, 0.2) is 0 Å². The van der Waals surface area contributed by atoms with Crippen LogP contribution in [-0.4, -0.2) is 49.4 Å². The van der Waals surface area contributed by atoms with E-state index in [0.717, 1.165) is 19.1 Å². The summed E-state index contributed by atoms with van der Waals surface area (Å²) in [6.07, 6.45) is 3.37. The maximum Gasteiger partial charge on any atom is 0.240 e. The summed E-state index contributed by atoms with van der Waals surface area (Å²) in [6, 6.07) is 0. The van der Waals surface area contributed by atoms with Crippen molar-refractivity contribution >= 4 is 15.7 Å². The molecule has 1 amide bonds. The Morgan fingerprint density at radius 1 is 1.44 bits per heavy atom. The topological polar surface area (TPSA) is 80.5 Å². The zero-order chi connectivity index (χ0) is 12.1. The van der Waals surface area contributed by atoms with Crippen molar-refractivity contribution in [3.05, 3.63) is 0 Å². The first-order valence-electron chi connectivity index (χ1n) is 5.50. The Morgan fingerprint density at radius 3 is 2.31 bits per heavy atom. The van der Waals surface area contributed by atoms with E-state index in [9.17, 15) is 13.2 Å². The molecule has 2 rings (SSSR count). The highest BCUT2D eigenvalue weighted by Crippen LogP contribution is 2.43. The molecule has 0 aromatic rings. The van der Waals surface area contributed by atoms with Crippen LogP contribution in [0.3, 0.4) is 0 Å². The first-order chi connectivity index (χ1) is 7.24. The molecule has 5 nitrogen and oxygen atoms in total. The Balaban J connectivity index is 1.94. The Kier molecular flexibility index (Phi) is 2.54. The number of nitrogens with zero attached hydrogens (tertiary/aromatic N) is 1. The fourth-order valence-electron chi connectivity index (χ4n) is 2.18. The van der Waals surface area contributed by atoms with Crippen LogP contribution in [0.4, 0.5) is 0 Å². The summed E-state index contributed by atoms with van der Waals surface area (Å²) in [7, 11) is -3.30.